The fourth-order valence-corrected chi connectivity index (χ4v) is 3.67. The van der Waals surface area contributed by atoms with Gasteiger partial charge in [-0.2, -0.15) is 0 Å². The van der Waals surface area contributed by atoms with E-state index in [4.69, 9.17) is 9.47 Å². The first-order chi connectivity index (χ1) is 15.5. The number of benzene rings is 2. The molecule has 0 saturated carbocycles. The lowest BCUT2D eigenvalue weighted by Crippen LogP contribution is -2.61. The molecule has 1 aliphatic rings. The van der Waals surface area contributed by atoms with E-state index in [1.807, 2.05) is 54.6 Å². The Bertz CT molecular complexity index is 1090. The SMILES string of the molecule is COC(=O)c1cccc(N2CC(Oc3ccc(NC(=O)Cc4cccnc4)cc3)C2C)c1. The van der Waals surface area contributed by atoms with Gasteiger partial charge < -0.3 is 19.7 Å². The van der Waals surface area contributed by atoms with Crippen molar-refractivity contribution < 1.29 is 19.1 Å². The number of nitrogens with zero attached hydrogens (tertiary/aromatic N) is 2. The molecule has 2 heterocycles. The van der Waals surface area contributed by atoms with Gasteiger partial charge in [0.2, 0.25) is 5.91 Å². The standard InChI is InChI=1S/C25H25N3O4/c1-17-23(16-28(17)21-7-3-6-19(14-21)25(30)31-2)32-22-10-8-20(9-11-22)27-24(29)13-18-5-4-12-26-15-18/h3-12,14-15,17,23H,13,16H2,1-2H3,(H,27,29). The van der Waals surface area contributed by atoms with Crippen LogP contribution in [0, 0.1) is 0 Å². The van der Waals surface area contributed by atoms with Crippen molar-refractivity contribution in [2.75, 3.05) is 23.9 Å². The number of rotatable bonds is 7. The summed E-state index contributed by atoms with van der Waals surface area (Å²) in [7, 11) is 1.38. The molecule has 3 aromatic rings. The second-order valence-electron chi connectivity index (χ2n) is 7.70. The fourth-order valence-electron chi connectivity index (χ4n) is 3.67. The highest BCUT2D eigenvalue weighted by molar-refractivity contribution is 5.92. The molecule has 1 saturated heterocycles. The summed E-state index contributed by atoms with van der Waals surface area (Å²) in [5.74, 6) is 0.305. The van der Waals surface area contributed by atoms with Crippen molar-refractivity contribution in [3.63, 3.8) is 0 Å². The molecule has 7 heteroatoms. The lowest BCUT2D eigenvalue weighted by molar-refractivity contribution is -0.115. The fraction of sp³-hybridized carbons (Fsp3) is 0.240. The first-order valence-electron chi connectivity index (χ1n) is 10.4. The highest BCUT2D eigenvalue weighted by Crippen LogP contribution is 2.30. The Morgan fingerprint density at radius 1 is 1.12 bits per heavy atom. The number of anilines is 2. The quantitative estimate of drug-likeness (QED) is 0.575. The Balaban J connectivity index is 1.30. The van der Waals surface area contributed by atoms with Crippen molar-refractivity contribution in [2.45, 2.75) is 25.5 Å². The van der Waals surface area contributed by atoms with Crippen molar-refractivity contribution in [2.24, 2.45) is 0 Å². The average Bonchev–Trinajstić information content (AvgIpc) is 2.82. The molecular formula is C25H25N3O4. The Hall–Kier alpha value is -3.87. The number of carbonyl (C=O) groups excluding carboxylic acids is 2. The smallest absolute Gasteiger partial charge is 0.337 e. The van der Waals surface area contributed by atoms with Gasteiger partial charge in [0.1, 0.15) is 11.9 Å². The van der Waals surface area contributed by atoms with Gasteiger partial charge in [0.05, 0.1) is 31.7 Å². The van der Waals surface area contributed by atoms with Crippen LogP contribution in [0.4, 0.5) is 11.4 Å². The van der Waals surface area contributed by atoms with Crippen molar-refractivity contribution in [1.29, 1.82) is 0 Å². The van der Waals surface area contributed by atoms with E-state index in [0.29, 0.717) is 11.3 Å². The van der Waals surface area contributed by atoms with Gasteiger partial charge in [-0.25, -0.2) is 4.79 Å². The van der Waals surface area contributed by atoms with Gasteiger partial charge >= 0.3 is 5.97 Å². The summed E-state index contributed by atoms with van der Waals surface area (Å²) in [6.07, 6.45) is 3.67. The molecule has 1 fully saturated rings. The molecule has 1 aliphatic heterocycles. The summed E-state index contributed by atoms with van der Waals surface area (Å²) in [4.78, 5) is 30.2. The second kappa shape index (κ2) is 9.51. The number of aromatic nitrogens is 1. The third-order valence-corrected chi connectivity index (χ3v) is 5.52. The summed E-state index contributed by atoms with van der Waals surface area (Å²) in [5.41, 5.74) is 3.08. The molecule has 1 aromatic heterocycles. The van der Waals surface area contributed by atoms with E-state index in [0.717, 1.165) is 23.5 Å². The zero-order chi connectivity index (χ0) is 22.5. The summed E-state index contributed by atoms with van der Waals surface area (Å²) in [6.45, 7) is 2.81. The molecule has 0 aliphatic carbocycles. The van der Waals surface area contributed by atoms with E-state index < -0.39 is 0 Å². The van der Waals surface area contributed by atoms with Crippen LogP contribution in [-0.4, -0.2) is 42.7 Å². The van der Waals surface area contributed by atoms with Crippen LogP contribution in [0.15, 0.2) is 73.1 Å². The first kappa shape index (κ1) is 21.4. The summed E-state index contributed by atoms with van der Waals surface area (Å²) in [6, 6.07) is 18.6. The maximum atomic E-state index is 12.2. The topological polar surface area (TPSA) is 80.8 Å². The number of ether oxygens (including phenoxy) is 2. The van der Waals surface area contributed by atoms with E-state index in [-0.39, 0.29) is 30.4 Å². The number of amides is 1. The van der Waals surface area contributed by atoms with Gasteiger partial charge in [0.25, 0.3) is 0 Å². The summed E-state index contributed by atoms with van der Waals surface area (Å²) in [5, 5.41) is 2.89. The van der Waals surface area contributed by atoms with Crippen LogP contribution < -0.4 is 15.0 Å². The van der Waals surface area contributed by atoms with Gasteiger partial charge in [-0.3, -0.25) is 9.78 Å². The molecule has 7 nitrogen and oxygen atoms in total. The Morgan fingerprint density at radius 2 is 1.94 bits per heavy atom. The highest BCUT2D eigenvalue weighted by atomic mass is 16.5. The van der Waals surface area contributed by atoms with Crippen LogP contribution in [0.3, 0.4) is 0 Å². The van der Waals surface area contributed by atoms with Crippen LogP contribution in [0.1, 0.15) is 22.8 Å². The van der Waals surface area contributed by atoms with Crippen LogP contribution in [0.25, 0.3) is 0 Å². The maximum Gasteiger partial charge on any atom is 0.337 e. The van der Waals surface area contributed by atoms with Gasteiger partial charge in [-0.05, 0) is 61.0 Å². The van der Waals surface area contributed by atoms with E-state index in [2.05, 4.69) is 22.1 Å². The number of methoxy groups -OCH3 is 1. The third-order valence-electron chi connectivity index (χ3n) is 5.52. The average molecular weight is 431 g/mol. The second-order valence-corrected chi connectivity index (χ2v) is 7.70. The van der Waals surface area contributed by atoms with E-state index >= 15 is 0 Å². The molecule has 164 valence electrons. The number of esters is 1. The maximum absolute atomic E-state index is 12.2. The molecule has 1 amide bonds. The predicted molar refractivity (Wildman–Crippen MR) is 122 cm³/mol. The van der Waals surface area contributed by atoms with Crippen molar-refractivity contribution in [3.8, 4) is 5.75 Å². The van der Waals surface area contributed by atoms with Gasteiger partial charge in [0, 0.05) is 23.8 Å². The minimum Gasteiger partial charge on any atom is -0.486 e. The summed E-state index contributed by atoms with van der Waals surface area (Å²) < 4.78 is 10.9. The first-order valence-corrected chi connectivity index (χ1v) is 10.4. The van der Waals surface area contributed by atoms with Crippen molar-refractivity contribution in [1.82, 2.24) is 4.98 Å². The zero-order valence-electron chi connectivity index (χ0n) is 18.0. The van der Waals surface area contributed by atoms with Crippen molar-refractivity contribution in [3.05, 3.63) is 84.2 Å². The zero-order valence-corrected chi connectivity index (χ0v) is 18.0. The van der Waals surface area contributed by atoms with Crippen molar-refractivity contribution >= 4 is 23.3 Å². The van der Waals surface area contributed by atoms with Crippen LogP contribution in [0.5, 0.6) is 5.75 Å². The molecule has 2 aromatic carbocycles. The molecule has 2 unspecified atom stereocenters. The minimum absolute atomic E-state index is 0.0304. The van der Waals surface area contributed by atoms with Gasteiger partial charge in [-0.15, -0.1) is 0 Å². The molecule has 0 bridgehead atoms. The molecular weight excluding hydrogens is 406 g/mol. The number of hydrogen-bond acceptors (Lipinski definition) is 6. The lowest BCUT2D eigenvalue weighted by atomic mass is 9.99. The Labute approximate surface area is 187 Å². The van der Waals surface area contributed by atoms with Gasteiger partial charge in [0.15, 0.2) is 0 Å². The van der Waals surface area contributed by atoms with Crippen LogP contribution in [-0.2, 0) is 16.0 Å². The van der Waals surface area contributed by atoms with Crippen LogP contribution in [0.2, 0.25) is 0 Å². The lowest BCUT2D eigenvalue weighted by Gasteiger charge is -2.47. The van der Waals surface area contributed by atoms with Gasteiger partial charge in [-0.1, -0.05) is 12.1 Å². The normalized spacial score (nSPS) is 17.2. The molecule has 0 spiro atoms. The minimum atomic E-state index is -0.347. The number of carbonyl (C=O) groups is 2. The Morgan fingerprint density at radius 3 is 2.62 bits per heavy atom. The molecule has 32 heavy (non-hydrogen) atoms. The van der Waals surface area contributed by atoms with Crippen LogP contribution >= 0.6 is 0 Å². The monoisotopic (exact) mass is 431 g/mol. The van der Waals surface area contributed by atoms with E-state index in [9.17, 15) is 9.59 Å². The molecule has 1 N–H and O–H groups in total. The summed E-state index contributed by atoms with van der Waals surface area (Å²) >= 11 is 0. The number of pyridine rings is 1. The van der Waals surface area contributed by atoms with E-state index in [1.54, 1.807) is 18.5 Å². The van der Waals surface area contributed by atoms with E-state index in [1.165, 1.54) is 7.11 Å². The third kappa shape index (κ3) is 4.88. The molecule has 4 rings (SSSR count). The highest BCUT2D eigenvalue weighted by Gasteiger charge is 2.37. The Kier molecular flexibility index (Phi) is 6.35. The molecule has 0 radical (unpaired) electrons. The molecule has 2 atom stereocenters. The number of nitrogens with one attached hydrogen (secondary N) is 1. The predicted octanol–water partition coefficient (Wildman–Crippen LogP) is 3.71. The number of hydrogen-bond donors (Lipinski definition) is 1. The largest absolute Gasteiger partial charge is 0.486 e.